The molecule has 3 heterocycles. The molecule has 0 aliphatic carbocycles. The van der Waals surface area contributed by atoms with E-state index in [2.05, 4.69) is 45.6 Å². The van der Waals surface area contributed by atoms with Crippen molar-refractivity contribution in [2.24, 2.45) is 5.92 Å². The van der Waals surface area contributed by atoms with Crippen molar-refractivity contribution in [2.75, 3.05) is 37.6 Å². The van der Waals surface area contributed by atoms with E-state index in [1.807, 2.05) is 0 Å². The van der Waals surface area contributed by atoms with Crippen LogP contribution in [0.15, 0.2) is 24.3 Å². The van der Waals surface area contributed by atoms with Crippen molar-refractivity contribution in [1.29, 1.82) is 0 Å². The molecule has 1 aromatic heterocycles. The molecule has 4 heteroatoms. The molecule has 21 heavy (non-hydrogen) atoms. The molecule has 1 fully saturated rings. The summed E-state index contributed by atoms with van der Waals surface area (Å²) in [6.07, 6.45) is 2.72. The predicted molar refractivity (Wildman–Crippen MR) is 86.8 cm³/mol. The van der Waals surface area contributed by atoms with Crippen LogP contribution in [-0.4, -0.2) is 47.2 Å². The molecule has 4 nitrogen and oxygen atoms in total. The van der Waals surface area contributed by atoms with Gasteiger partial charge in [-0.25, -0.2) is 4.98 Å². The summed E-state index contributed by atoms with van der Waals surface area (Å²) in [7, 11) is 0. The van der Waals surface area contributed by atoms with Crippen molar-refractivity contribution in [2.45, 2.75) is 26.3 Å². The Morgan fingerprint density at radius 2 is 1.86 bits per heavy atom. The number of fused-ring (bicyclic) bond motifs is 3. The van der Waals surface area contributed by atoms with E-state index in [-0.39, 0.29) is 0 Å². The highest BCUT2D eigenvalue weighted by molar-refractivity contribution is 5.79. The normalized spacial score (nSPS) is 20.3. The van der Waals surface area contributed by atoms with Crippen molar-refractivity contribution in [3.8, 4) is 0 Å². The predicted octanol–water partition coefficient (Wildman–Crippen LogP) is 2.59. The number of piperidine rings is 1. The molecular weight excluding hydrogens is 260 g/mol. The van der Waals surface area contributed by atoms with Gasteiger partial charge in [-0.05, 0) is 44.0 Å². The maximum absolute atomic E-state index is 4.82. The number of para-hydroxylation sites is 2. The van der Waals surface area contributed by atoms with Gasteiger partial charge in [0, 0.05) is 26.2 Å². The maximum atomic E-state index is 4.82. The van der Waals surface area contributed by atoms with Crippen LogP contribution < -0.4 is 4.90 Å². The largest absolute Gasteiger partial charge is 0.339 e. The second kappa shape index (κ2) is 5.34. The fraction of sp³-hybridized carbons (Fsp3) is 0.588. The van der Waals surface area contributed by atoms with Crippen molar-refractivity contribution in [3.05, 3.63) is 24.3 Å². The van der Waals surface area contributed by atoms with Gasteiger partial charge in [-0.1, -0.05) is 19.1 Å². The van der Waals surface area contributed by atoms with E-state index in [0.717, 1.165) is 31.1 Å². The Bertz CT molecular complexity index is 625. The summed E-state index contributed by atoms with van der Waals surface area (Å²) in [4.78, 5) is 9.89. The second-order valence-electron chi connectivity index (χ2n) is 6.56. The lowest BCUT2D eigenvalue weighted by molar-refractivity contribution is 0.196. The van der Waals surface area contributed by atoms with Crippen molar-refractivity contribution in [1.82, 2.24) is 14.5 Å². The number of imidazole rings is 1. The highest BCUT2D eigenvalue weighted by Crippen LogP contribution is 2.27. The fourth-order valence-electron chi connectivity index (χ4n) is 3.60. The van der Waals surface area contributed by atoms with Gasteiger partial charge in [0.05, 0.1) is 11.0 Å². The molecule has 0 saturated carbocycles. The number of aromatic nitrogens is 2. The molecule has 1 aromatic carbocycles. The third-order valence-corrected chi connectivity index (χ3v) is 5.07. The molecule has 0 N–H and O–H groups in total. The van der Waals surface area contributed by atoms with Crippen LogP contribution in [0.4, 0.5) is 5.95 Å². The molecule has 2 aliphatic heterocycles. The van der Waals surface area contributed by atoms with Crippen LogP contribution >= 0.6 is 0 Å². The van der Waals surface area contributed by atoms with E-state index in [1.54, 1.807) is 0 Å². The first-order valence-corrected chi connectivity index (χ1v) is 8.24. The summed E-state index contributed by atoms with van der Waals surface area (Å²) in [6.45, 7) is 9.38. The fourth-order valence-corrected chi connectivity index (χ4v) is 3.60. The first kappa shape index (κ1) is 13.1. The molecule has 0 amide bonds. The zero-order valence-electron chi connectivity index (χ0n) is 12.8. The molecule has 0 spiro atoms. The molecule has 1 saturated heterocycles. The summed E-state index contributed by atoms with van der Waals surface area (Å²) in [5.74, 6) is 2.08. The van der Waals surface area contributed by atoms with Crippen molar-refractivity contribution < 1.29 is 0 Å². The SMILES string of the molecule is CC1CCN(CCN2CCn3c2nc2ccccc23)CC1. The summed E-state index contributed by atoms with van der Waals surface area (Å²) in [6, 6.07) is 8.48. The molecular formula is C17H24N4. The number of benzene rings is 1. The van der Waals surface area contributed by atoms with Crippen LogP contribution in [0.1, 0.15) is 19.8 Å². The van der Waals surface area contributed by atoms with Crippen molar-refractivity contribution >= 4 is 17.0 Å². The highest BCUT2D eigenvalue weighted by Gasteiger charge is 2.24. The third-order valence-electron chi connectivity index (χ3n) is 5.07. The van der Waals surface area contributed by atoms with Gasteiger partial charge in [0.15, 0.2) is 0 Å². The summed E-state index contributed by atoms with van der Waals surface area (Å²) in [5, 5.41) is 0. The number of hydrogen-bond acceptors (Lipinski definition) is 3. The molecule has 0 bridgehead atoms. The lowest BCUT2D eigenvalue weighted by Crippen LogP contribution is -2.39. The number of hydrogen-bond donors (Lipinski definition) is 0. The van der Waals surface area contributed by atoms with Gasteiger partial charge in [0.2, 0.25) is 5.95 Å². The van der Waals surface area contributed by atoms with Crippen LogP contribution in [0.25, 0.3) is 11.0 Å². The standard InChI is InChI=1S/C17H24N4/c1-14-6-8-19(9-7-14)10-11-20-12-13-21-16-5-3-2-4-15(16)18-17(20)21/h2-5,14H,6-13H2,1H3. The van der Waals surface area contributed by atoms with E-state index in [4.69, 9.17) is 4.98 Å². The molecule has 2 aromatic rings. The topological polar surface area (TPSA) is 24.3 Å². The maximum Gasteiger partial charge on any atom is 0.206 e. The number of anilines is 1. The van der Waals surface area contributed by atoms with Gasteiger partial charge in [-0.3, -0.25) is 0 Å². The Morgan fingerprint density at radius 3 is 2.71 bits per heavy atom. The smallest absolute Gasteiger partial charge is 0.206 e. The molecule has 0 atom stereocenters. The second-order valence-corrected chi connectivity index (χ2v) is 6.56. The van der Waals surface area contributed by atoms with Crippen LogP contribution in [0.5, 0.6) is 0 Å². The number of rotatable bonds is 3. The monoisotopic (exact) mass is 284 g/mol. The molecule has 2 aliphatic rings. The van der Waals surface area contributed by atoms with E-state index < -0.39 is 0 Å². The highest BCUT2D eigenvalue weighted by atomic mass is 15.4. The van der Waals surface area contributed by atoms with E-state index in [1.165, 1.54) is 43.9 Å². The number of likely N-dealkylation sites (tertiary alicyclic amines) is 1. The Balaban J connectivity index is 1.44. The van der Waals surface area contributed by atoms with E-state index >= 15 is 0 Å². The minimum atomic E-state index is 0.914. The number of nitrogens with zero attached hydrogens (tertiary/aromatic N) is 4. The van der Waals surface area contributed by atoms with Crippen LogP contribution in [0.2, 0.25) is 0 Å². The average molecular weight is 284 g/mol. The van der Waals surface area contributed by atoms with E-state index in [0.29, 0.717) is 0 Å². The Morgan fingerprint density at radius 1 is 1.05 bits per heavy atom. The van der Waals surface area contributed by atoms with Gasteiger partial charge in [-0.15, -0.1) is 0 Å². The minimum absolute atomic E-state index is 0.914. The Hall–Kier alpha value is -1.55. The van der Waals surface area contributed by atoms with E-state index in [9.17, 15) is 0 Å². The Kier molecular flexibility index (Phi) is 3.34. The van der Waals surface area contributed by atoms with Gasteiger partial charge in [-0.2, -0.15) is 0 Å². The van der Waals surface area contributed by atoms with Gasteiger partial charge < -0.3 is 14.4 Å². The zero-order valence-corrected chi connectivity index (χ0v) is 12.8. The molecule has 0 unspecified atom stereocenters. The first-order valence-electron chi connectivity index (χ1n) is 8.24. The third kappa shape index (κ3) is 2.42. The summed E-state index contributed by atoms with van der Waals surface area (Å²) in [5.41, 5.74) is 2.41. The van der Waals surface area contributed by atoms with Gasteiger partial charge >= 0.3 is 0 Å². The molecule has 112 valence electrons. The summed E-state index contributed by atoms with van der Waals surface area (Å²) < 4.78 is 2.37. The minimum Gasteiger partial charge on any atom is -0.339 e. The zero-order chi connectivity index (χ0) is 14.2. The van der Waals surface area contributed by atoms with Crippen LogP contribution in [0, 0.1) is 5.92 Å². The Labute approximate surface area is 126 Å². The average Bonchev–Trinajstić information content (AvgIpc) is 3.06. The molecule has 4 rings (SSSR count). The quantitative estimate of drug-likeness (QED) is 0.866. The lowest BCUT2D eigenvalue weighted by Gasteiger charge is -2.31. The first-order chi connectivity index (χ1) is 10.3. The molecule has 0 radical (unpaired) electrons. The lowest BCUT2D eigenvalue weighted by atomic mass is 9.99. The van der Waals surface area contributed by atoms with Gasteiger partial charge in [0.1, 0.15) is 0 Å². The van der Waals surface area contributed by atoms with Crippen LogP contribution in [0.3, 0.4) is 0 Å². The van der Waals surface area contributed by atoms with Gasteiger partial charge in [0.25, 0.3) is 0 Å². The van der Waals surface area contributed by atoms with Crippen molar-refractivity contribution in [3.63, 3.8) is 0 Å². The van der Waals surface area contributed by atoms with Crippen LogP contribution in [-0.2, 0) is 6.54 Å². The summed E-state index contributed by atoms with van der Waals surface area (Å²) >= 11 is 0.